The number of carbonyl (C=O) groups excluding carboxylic acids is 1. The first-order chi connectivity index (χ1) is 8.57. The molecule has 0 spiro atoms. The highest BCUT2D eigenvalue weighted by molar-refractivity contribution is 9.10. The van der Waals surface area contributed by atoms with Crippen LogP contribution in [0.1, 0.15) is 25.7 Å². The predicted molar refractivity (Wildman–Crippen MR) is 85.0 cm³/mol. The number of hydrogen-bond donors (Lipinski definition) is 2. The topological polar surface area (TPSA) is 55.1 Å². The molecule has 0 radical (unpaired) electrons. The number of nitrogens with two attached hydrogens (primary N) is 1. The van der Waals surface area contributed by atoms with Gasteiger partial charge in [0.25, 0.3) is 0 Å². The quantitative estimate of drug-likeness (QED) is 0.848. The van der Waals surface area contributed by atoms with Gasteiger partial charge in [0.2, 0.25) is 5.91 Å². The Morgan fingerprint density at radius 2 is 2.05 bits per heavy atom. The molecule has 106 valence electrons. The van der Waals surface area contributed by atoms with Crippen LogP contribution in [0.2, 0.25) is 5.02 Å². The zero-order chi connectivity index (χ0) is 13.2. The second-order valence-corrected chi connectivity index (χ2v) is 6.04. The molecule has 0 aliphatic heterocycles. The van der Waals surface area contributed by atoms with Crippen molar-refractivity contribution in [1.29, 1.82) is 0 Å². The summed E-state index contributed by atoms with van der Waals surface area (Å²) in [5.74, 6) is 0.0247. The average molecular weight is 368 g/mol. The number of amides is 1. The van der Waals surface area contributed by atoms with Crippen LogP contribution in [0, 0.1) is 5.41 Å². The van der Waals surface area contributed by atoms with Gasteiger partial charge in [-0.3, -0.25) is 4.79 Å². The Morgan fingerprint density at radius 1 is 1.42 bits per heavy atom. The number of rotatable bonds is 3. The lowest BCUT2D eigenvalue weighted by Crippen LogP contribution is -2.40. The van der Waals surface area contributed by atoms with Gasteiger partial charge in [0.15, 0.2) is 0 Å². The Bertz CT molecular complexity index is 462. The van der Waals surface area contributed by atoms with Gasteiger partial charge in [-0.15, -0.1) is 12.4 Å². The molecule has 3 nitrogen and oxygen atoms in total. The highest BCUT2D eigenvalue weighted by atomic mass is 79.9. The fourth-order valence-corrected chi connectivity index (χ4v) is 2.91. The highest BCUT2D eigenvalue weighted by Gasteiger charge is 2.39. The molecule has 0 saturated heterocycles. The largest absolute Gasteiger partial charge is 0.329 e. The van der Waals surface area contributed by atoms with E-state index in [1.807, 2.05) is 0 Å². The molecule has 2 rings (SSSR count). The van der Waals surface area contributed by atoms with Crippen LogP contribution in [-0.4, -0.2) is 12.5 Å². The van der Waals surface area contributed by atoms with Gasteiger partial charge in [-0.2, -0.15) is 0 Å². The van der Waals surface area contributed by atoms with E-state index in [2.05, 4.69) is 21.2 Å². The number of nitrogens with one attached hydrogen (secondary N) is 1. The Morgan fingerprint density at radius 3 is 2.58 bits per heavy atom. The van der Waals surface area contributed by atoms with Crippen LogP contribution in [0.5, 0.6) is 0 Å². The third-order valence-electron chi connectivity index (χ3n) is 3.61. The van der Waals surface area contributed by atoms with Crippen molar-refractivity contribution in [3.63, 3.8) is 0 Å². The maximum Gasteiger partial charge on any atom is 0.231 e. The second kappa shape index (κ2) is 6.93. The molecule has 3 N–H and O–H groups in total. The summed E-state index contributed by atoms with van der Waals surface area (Å²) >= 11 is 9.26. The summed E-state index contributed by atoms with van der Waals surface area (Å²) in [6.07, 6.45) is 3.91. The second-order valence-electron chi connectivity index (χ2n) is 4.77. The van der Waals surface area contributed by atoms with Crippen molar-refractivity contribution < 1.29 is 4.79 Å². The molecule has 1 fully saturated rings. The smallest absolute Gasteiger partial charge is 0.231 e. The molecule has 19 heavy (non-hydrogen) atoms. The molecule has 0 atom stereocenters. The van der Waals surface area contributed by atoms with Crippen molar-refractivity contribution in [2.24, 2.45) is 11.1 Å². The van der Waals surface area contributed by atoms with Crippen LogP contribution in [0.3, 0.4) is 0 Å². The molecule has 1 aliphatic rings. The van der Waals surface area contributed by atoms with Crippen LogP contribution in [0.4, 0.5) is 5.69 Å². The Hall–Kier alpha value is -0.290. The molecular formula is C13H17BrCl2N2O. The van der Waals surface area contributed by atoms with Crippen LogP contribution < -0.4 is 11.1 Å². The molecule has 1 aromatic carbocycles. The monoisotopic (exact) mass is 366 g/mol. The number of carbonyl (C=O) groups is 1. The van der Waals surface area contributed by atoms with Gasteiger partial charge in [-0.05, 0) is 47.0 Å². The van der Waals surface area contributed by atoms with E-state index < -0.39 is 0 Å². The number of halogens is 3. The van der Waals surface area contributed by atoms with E-state index in [1.165, 1.54) is 0 Å². The van der Waals surface area contributed by atoms with Crippen molar-refractivity contribution >= 4 is 51.5 Å². The molecule has 0 heterocycles. The molecular weight excluding hydrogens is 351 g/mol. The first-order valence-electron chi connectivity index (χ1n) is 6.04. The van der Waals surface area contributed by atoms with Gasteiger partial charge in [-0.1, -0.05) is 24.4 Å². The van der Waals surface area contributed by atoms with Crippen molar-refractivity contribution in [1.82, 2.24) is 0 Å². The Balaban J connectivity index is 0.00000180. The molecule has 1 saturated carbocycles. The van der Waals surface area contributed by atoms with E-state index in [1.54, 1.807) is 18.2 Å². The molecule has 1 aliphatic carbocycles. The summed E-state index contributed by atoms with van der Waals surface area (Å²) in [6, 6.07) is 5.36. The van der Waals surface area contributed by atoms with Gasteiger partial charge in [0.05, 0.1) is 10.4 Å². The summed E-state index contributed by atoms with van der Waals surface area (Å²) in [7, 11) is 0. The highest BCUT2D eigenvalue weighted by Crippen LogP contribution is 2.38. The van der Waals surface area contributed by atoms with Gasteiger partial charge in [-0.25, -0.2) is 0 Å². The molecule has 0 aromatic heterocycles. The van der Waals surface area contributed by atoms with E-state index >= 15 is 0 Å². The van der Waals surface area contributed by atoms with Crippen LogP contribution in [-0.2, 0) is 4.79 Å². The number of anilines is 1. The summed E-state index contributed by atoms with van der Waals surface area (Å²) in [6.45, 7) is 0.410. The van der Waals surface area contributed by atoms with Crippen molar-refractivity contribution in [3.05, 3.63) is 27.7 Å². The van der Waals surface area contributed by atoms with Crippen molar-refractivity contribution in [3.8, 4) is 0 Å². The van der Waals surface area contributed by atoms with Crippen LogP contribution in [0.15, 0.2) is 22.7 Å². The molecule has 6 heteroatoms. The van der Waals surface area contributed by atoms with E-state index in [4.69, 9.17) is 17.3 Å². The van der Waals surface area contributed by atoms with Crippen LogP contribution in [0.25, 0.3) is 0 Å². The fourth-order valence-electron chi connectivity index (χ4n) is 2.41. The lowest BCUT2D eigenvalue weighted by Gasteiger charge is -2.25. The van der Waals surface area contributed by atoms with Crippen molar-refractivity contribution in [2.75, 3.05) is 11.9 Å². The third-order valence-corrected chi connectivity index (χ3v) is 4.82. The predicted octanol–water partition coefficient (Wildman–Crippen LogP) is 3.98. The molecule has 1 aromatic rings. The zero-order valence-corrected chi connectivity index (χ0v) is 13.6. The molecule has 0 unspecified atom stereocenters. The Labute approximate surface area is 132 Å². The van der Waals surface area contributed by atoms with E-state index in [9.17, 15) is 4.79 Å². The summed E-state index contributed by atoms with van der Waals surface area (Å²) < 4.78 is 0.773. The van der Waals surface area contributed by atoms with Crippen LogP contribution >= 0.6 is 39.9 Å². The van der Waals surface area contributed by atoms with E-state index in [-0.39, 0.29) is 23.7 Å². The van der Waals surface area contributed by atoms with Gasteiger partial charge >= 0.3 is 0 Å². The van der Waals surface area contributed by atoms with Crippen molar-refractivity contribution in [2.45, 2.75) is 25.7 Å². The minimum Gasteiger partial charge on any atom is -0.329 e. The standard InChI is InChI=1S/C13H16BrClN2O.ClH/c14-10-7-9(3-4-11(10)15)17-12(18)13(8-16)5-1-2-6-13;/h3-4,7H,1-2,5-6,8,16H2,(H,17,18);1H. The minimum atomic E-state index is -0.383. The summed E-state index contributed by atoms with van der Waals surface area (Å²) in [4.78, 5) is 12.3. The van der Waals surface area contributed by atoms with E-state index in [0.29, 0.717) is 11.6 Å². The summed E-state index contributed by atoms with van der Waals surface area (Å²) in [5, 5.41) is 3.56. The zero-order valence-electron chi connectivity index (χ0n) is 10.4. The molecule has 1 amide bonds. The van der Waals surface area contributed by atoms with Gasteiger partial charge in [0.1, 0.15) is 0 Å². The lowest BCUT2D eigenvalue weighted by molar-refractivity contribution is -0.124. The first kappa shape index (κ1) is 16.8. The SMILES string of the molecule is Cl.NCC1(C(=O)Nc2ccc(Cl)c(Br)c2)CCCC1. The summed E-state index contributed by atoms with van der Waals surface area (Å²) in [5.41, 5.74) is 6.15. The van der Waals surface area contributed by atoms with Gasteiger partial charge < -0.3 is 11.1 Å². The van der Waals surface area contributed by atoms with E-state index in [0.717, 1.165) is 35.8 Å². The normalized spacial score (nSPS) is 16.8. The lowest BCUT2D eigenvalue weighted by atomic mass is 9.85. The number of benzene rings is 1. The minimum absolute atomic E-state index is 0. The third kappa shape index (κ3) is 3.63. The maximum atomic E-state index is 12.3. The average Bonchev–Trinajstić information content (AvgIpc) is 2.84. The Kier molecular flexibility index (Phi) is 6.12. The molecule has 0 bridgehead atoms. The first-order valence-corrected chi connectivity index (χ1v) is 7.21. The fraction of sp³-hybridized carbons (Fsp3) is 0.462. The maximum absolute atomic E-state index is 12.3. The number of hydrogen-bond acceptors (Lipinski definition) is 2. The van der Waals surface area contributed by atoms with Gasteiger partial charge in [0, 0.05) is 16.7 Å².